The topological polar surface area (TPSA) is 86.7 Å². The Morgan fingerprint density at radius 1 is 1.06 bits per heavy atom. The molecular weight excluding hydrogens is 458 g/mol. The first-order chi connectivity index (χ1) is 15.8. The van der Waals surface area contributed by atoms with Crippen LogP contribution in [0.2, 0.25) is 0 Å². The highest BCUT2D eigenvalue weighted by Gasteiger charge is 2.33. The van der Waals surface area contributed by atoms with Crippen molar-refractivity contribution in [2.45, 2.75) is 31.2 Å². The first-order valence-corrected chi connectivity index (χ1v) is 13.2. The highest BCUT2D eigenvalue weighted by molar-refractivity contribution is 7.89. The minimum absolute atomic E-state index is 0.0282. The number of carbonyl (C=O) groups is 1. The SMILES string of the molecule is CC(=O)N1c2ccc(S(=O)(=O)N3CCN(c4ccc(-c5cccs5)nn4)CC3)cc2CC1C. The lowest BCUT2D eigenvalue weighted by molar-refractivity contribution is -0.116. The fourth-order valence-electron chi connectivity index (χ4n) is 4.60. The first-order valence-electron chi connectivity index (χ1n) is 10.9. The predicted molar refractivity (Wildman–Crippen MR) is 129 cm³/mol. The van der Waals surface area contributed by atoms with E-state index in [-0.39, 0.29) is 16.8 Å². The molecule has 1 unspecified atom stereocenters. The maximum Gasteiger partial charge on any atom is 0.243 e. The number of amides is 1. The Kier molecular flexibility index (Phi) is 5.67. The fraction of sp³-hybridized carbons (Fsp3) is 0.348. The molecule has 1 fully saturated rings. The van der Waals surface area contributed by atoms with Crippen LogP contribution in [0.15, 0.2) is 52.7 Å². The summed E-state index contributed by atoms with van der Waals surface area (Å²) in [6.45, 7) is 5.37. The van der Waals surface area contributed by atoms with E-state index in [1.54, 1.807) is 34.4 Å². The van der Waals surface area contributed by atoms with Crippen molar-refractivity contribution in [3.05, 3.63) is 53.4 Å². The summed E-state index contributed by atoms with van der Waals surface area (Å²) in [6, 6.07) is 13.0. The van der Waals surface area contributed by atoms with Crippen LogP contribution in [0.25, 0.3) is 10.6 Å². The van der Waals surface area contributed by atoms with E-state index in [1.165, 1.54) is 11.2 Å². The maximum atomic E-state index is 13.3. The molecule has 1 aromatic carbocycles. The number of piperazine rings is 1. The van der Waals surface area contributed by atoms with E-state index in [0.717, 1.165) is 27.6 Å². The summed E-state index contributed by atoms with van der Waals surface area (Å²) in [4.78, 5) is 17.1. The third kappa shape index (κ3) is 4.03. The van der Waals surface area contributed by atoms with Gasteiger partial charge in [0.2, 0.25) is 15.9 Å². The van der Waals surface area contributed by atoms with Crippen LogP contribution in [0.1, 0.15) is 19.4 Å². The molecule has 0 spiro atoms. The molecule has 0 aliphatic carbocycles. The van der Waals surface area contributed by atoms with Crippen molar-refractivity contribution >= 4 is 38.8 Å². The van der Waals surface area contributed by atoms with Crippen molar-refractivity contribution in [2.24, 2.45) is 0 Å². The van der Waals surface area contributed by atoms with Gasteiger partial charge in [0.25, 0.3) is 0 Å². The van der Waals surface area contributed by atoms with Gasteiger partial charge in [-0.05, 0) is 60.7 Å². The molecule has 33 heavy (non-hydrogen) atoms. The number of hydrogen-bond donors (Lipinski definition) is 0. The quantitative estimate of drug-likeness (QED) is 0.567. The summed E-state index contributed by atoms with van der Waals surface area (Å²) < 4.78 is 28.1. The molecule has 2 aromatic heterocycles. The third-order valence-electron chi connectivity index (χ3n) is 6.23. The molecule has 172 valence electrons. The number of carbonyl (C=O) groups excluding carboxylic acids is 1. The molecule has 1 saturated heterocycles. The molecule has 10 heteroatoms. The van der Waals surface area contributed by atoms with Crippen LogP contribution >= 0.6 is 11.3 Å². The molecule has 2 aliphatic rings. The van der Waals surface area contributed by atoms with Crippen LogP contribution in [-0.2, 0) is 21.2 Å². The lowest BCUT2D eigenvalue weighted by Gasteiger charge is -2.34. The normalized spacial score (nSPS) is 19.0. The Labute approximate surface area is 197 Å². The van der Waals surface area contributed by atoms with E-state index in [2.05, 4.69) is 15.1 Å². The zero-order valence-electron chi connectivity index (χ0n) is 18.5. The van der Waals surface area contributed by atoms with Gasteiger partial charge in [0, 0.05) is 44.8 Å². The molecule has 8 nitrogen and oxygen atoms in total. The van der Waals surface area contributed by atoms with Gasteiger partial charge < -0.3 is 9.80 Å². The number of hydrogen-bond acceptors (Lipinski definition) is 7. The third-order valence-corrected chi connectivity index (χ3v) is 9.02. The minimum Gasteiger partial charge on any atom is -0.352 e. The summed E-state index contributed by atoms with van der Waals surface area (Å²) in [5.74, 6) is 0.725. The molecule has 2 aliphatic heterocycles. The predicted octanol–water partition coefficient (Wildman–Crippen LogP) is 3.01. The van der Waals surface area contributed by atoms with Gasteiger partial charge in [-0.2, -0.15) is 4.31 Å². The van der Waals surface area contributed by atoms with Gasteiger partial charge in [0.1, 0.15) is 5.69 Å². The molecule has 0 saturated carbocycles. The fourth-order valence-corrected chi connectivity index (χ4v) is 6.77. The zero-order chi connectivity index (χ0) is 23.2. The van der Waals surface area contributed by atoms with E-state index in [1.807, 2.05) is 36.6 Å². The van der Waals surface area contributed by atoms with Crippen molar-refractivity contribution in [3.63, 3.8) is 0 Å². The Morgan fingerprint density at radius 2 is 1.85 bits per heavy atom. The Morgan fingerprint density at radius 3 is 2.48 bits per heavy atom. The molecule has 0 radical (unpaired) electrons. The standard InChI is InChI=1S/C23H25N5O3S2/c1-16-14-18-15-19(5-7-21(18)28(16)17(2)29)33(30,31)27-11-9-26(10-12-27)23-8-6-20(24-25-23)22-4-3-13-32-22/h3-8,13,15-16H,9-12,14H2,1-2H3. The average molecular weight is 484 g/mol. The maximum absolute atomic E-state index is 13.3. The lowest BCUT2D eigenvalue weighted by atomic mass is 10.1. The van der Waals surface area contributed by atoms with Crippen molar-refractivity contribution < 1.29 is 13.2 Å². The van der Waals surface area contributed by atoms with Gasteiger partial charge in [0.05, 0.1) is 9.77 Å². The second kappa shape index (κ2) is 8.51. The van der Waals surface area contributed by atoms with E-state index in [4.69, 9.17) is 0 Å². The van der Waals surface area contributed by atoms with E-state index in [0.29, 0.717) is 32.6 Å². The summed E-state index contributed by atoms with van der Waals surface area (Å²) in [6.07, 6.45) is 0.659. The number of thiophene rings is 1. The van der Waals surface area contributed by atoms with Gasteiger partial charge in [-0.3, -0.25) is 4.79 Å². The molecule has 0 bridgehead atoms. The first kappa shape index (κ1) is 22.0. The highest BCUT2D eigenvalue weighted by Crippen LogP contribution is 2.34. The molecule has 3 aromatic rings. The number of rotatable bonds is 4. The molecule has 0 N–H and O–H groups in total. The number of benzene rings is 1. The highest BCUT2D eigenvalue weighted by atomic mass is 32.2. The van der Waals surface area contributed by atoms with Crippen LogP contribution in [0.3, 0.4) is 0 Å². The summed E-state index contributed by atoms with van der Waals surface area (Å²) in [5.41, 5.74) is 2.55. The lowest BCUT2D eigenvalue weighted by Crippen LogP contribution is -2.49. The van der Waals surface area contributed by atoms with Crippen LogP contribution in [-0.4, -0.2) is 61.0 Å². The molecule has 5 rings (SSSR count). The van der Waals surface area contributed by atoms with Crippen molar-refractivity contribution in [3.8, 4) is 10.6 Å². The van der Waals surface area contributed by atoms with E-state index < -0.39 is 10.0 Å². The van der Waals surface area contributed by atoms with Gasteiger partial charge in [-0.1, -0.05) is 6.07 Å². The summed E-state index contributed by atoms with van der Waals surface area (Å²) in [5, 5.41) is 10.7. The number of fused-ring (bicyclic) bond motifs is 1. The number of aromatic nitrogens is 2. The molecule has 1 atom stereocenters. The summed E-state index contributed by atoms with van der Waals surface area (Å²) in [7, 11) is -3.61. The molecular formula is C23H25N5O3S2. The number of nitrogens with zero attached hydrogens (tertiary/aromatic N) is 5. The zero-order valence-corrected chi connectivity index (χ0v) is 20.1. The largest absolute Gasteiger partial charge is 0.352 e. The van der Waals surface area contributed by atoms with Crippen molar-refractivity contribution in [1.29, 1.82) is 0 Å². The second-order valence-electron chi connectivity index (χ2n) is 8.38. The number of anilines is 2. The van der Waals surface area contributed by atoms with Crippen LogP contribution in [0, 0.1) is 0 Å². The Balaban J connectivity index is 1.28. The van der Waals surface area contributed by atoms with E-state index in [9.17, 15) is 13.2 Å². The monoisotopic (exact) mass is 483 g/mol. The van der Waals surface area contributed by atoms with Crippen LogP contribution in [0.5, 0.6) is 0 Å². The van der Waals surface area contributed by atoms with Crippen molar-refractivity contribution in [2.75, 3.05) is 36.0 Å². The van der Waals surface area contributed by atoms with Crippen LogP contribution in [0.4, 0.5) is 11.5 Å². The summed E-state index contributed by atoms with van der Waals surface area (Å²) >= 11 is 1.62. The average Bonchev–Trinajstić information content (AvgIpc) is 3.46. The van der Waals surface area contributed by atoms with Crippen molar-refractivity contribution in [1.82, 2.24) is 14.5 Å². The minimum atomic E-state index is -3.61. The number of sulfonamides is 1. The Hall–Kier alpha value is -2.82. The Bertz CT molecular complexity index is 1270. The smallest absolute Gasteiger partial charge is 0.243 e. The van der Waals surface area contributed by atoms with Crippen LogP contribution < -0.4 is 9.80 Å². The van der Waals surface area contributed by atoms with Gasteiger partial charge in [0.15, 0.2) is 5.82 Å². The van der Waals surface area contributed by atoms with E-state index >= 15 is 0 Å². The van der Waals surface area contributed by atoms with Gasteiger partial charge in [-0.15, -0.1) is 21.5 Å². The van der Waals surface area contributed by atoms with Gasteiger partial charge in [-0.25, -0.2) is 8.42 Å². The second-order valence-corrected chi connectivity index (χ2v) is 11.3. The van der Waals surface area contributed by atoms with Gasteiger partial charge >= 0.3 is 0 Å². The molecule has 4 heterocycles. The molecule has 1 amide bonds.